The van der Waals surface area contributed by atoms with Gasteiger partial charge in [0.1, 0.15) is 5.69 Å². The van der Waals surface area contributed by atoms with Crippen LogP contribution >= 0.6 is 11.3 Å². The van der Waals surface area contributed by atoms with Crippen LogP contribution in [0.25, 0.3) is 5.13 Å². The van der Waals surface area contributed by atoms with Crippen LogP contribution in [0.3, 0.4) is 0 Å². The van der Waals surface area contributed by atoms with E-state index in [2.05, 4.69) is 15.3 Å². The summed E-state index contributed by atoms with van der Waals surface area (Å²) < 4.78 is 38.9. The van der Waals surface area contributed by atoms with Gasteiger partial charge in [0, 0.05) is 18.1 Å². The molecule has 2 rings (SSSR count). The van der Waals surface area contributed by atoms with Gasteiger partial charge in [-0.05, 0) is 0 Å². The predicted molar refractivity (Wildman–Crippen MR) is 49.9 cm³/mol. The fourth-order valence-corrected chi connectivity index (χ4v) is 1.78. The molecule has 2 heterocycles. The number of rotatable bonds is 2. The molecule has 0 aliphatic carbocycles. The van der Waals surface area contributed by atoms with E-state index in [0.717, 1.165) is 11.3 Å². The van der Waals surface area contributed by atoms with E-state index in [4.69, 9.17) is 5.73 Å². The molecule has 2 aromatic heterocycles. The molecule has 0 saturated carbocycles. The third-order valence-corrected chi connectivity index (χ3v) is 2.55. The Morgan fingerprint density at radius 1 is 1.44 bits per heavy atom. The lowest BCUT2D eigenvalue weighted by Gasteiger charge is -2.08. The molecular formula is C7H6F3N5S. The SMILES string of the molecule is NCc1nnn(-c2nccs2)c1C(F)(F)F. The maximum absolute atomic E-state index is 12.7. The van der Waals surface area contributed by atoms with Gasteiger partial charge in [0.15, 0.2) is 5.69 Å². The molecule has 0 atom stereocenters. The maximum atomic E-state index is 12.7. The third kappa shape index (κ3) is 1.78. The lowest BCUT2D eigenvalue weighted by Crippen LogP contribution is -2.16. The topological polar surface area (TPSA) is 69.6 Å². The summed E-state index contributed by atoms with van der Waals surface area (Å²) in [5.41, 5.74) is 3.92. The fourth-order valence-electron chi connectivity index (χ4n) is 1.19. The van der Waals surface area contributed by atoms with Crippen LogP contribution in [0, 0.1) is 0 Å². The molecule has 0 amide bonds. The summed E-state index contributed by atoms with van der Waals surface area (Å²) in [6.45, 7) is -0.319. The molecule has 16 heavy (non-hydrogen) atoms. The molecule has 86 valence electrons. The second kappa shape index (κ2) is 3.83. The molecule has 0 fully saturated rings. The zero-order valence-electron chi connectivity index (χ0n) is 7.77. The number of hydrogen-bond acceptors (Lipinski definition) is 5. The van der Waals surface area contributed by atoms with E-state index in [1.165, 1.54) is 6.20 Å². The largest absolute Gasteiger partial charge is 0.435 e. The first-order valence-corrected chi connectivity index (χ1v) is 5.03. The summed E-state index contributed by atoms with van der Waals surface area (Å²) in [5, 5.41) is 8.47. The van der Waals surface area contributed by atoms with Gasteiger partial charge in [0.05, 0.1) is 0 Å². The van der Waals surface area contributed by atoms with Crippen LogP contribution in [0.5, 0.6) is 0 Å². The Balaban J connectivity index is 2.59. The molecule has 0 radical (unpaired) electrons. The summed E-state index contributed by atoms with van der Waals surface area (Å²) in [4.78, 5) is 3.75. The van der Waals surface area contributed by atoms with E-state index in [9.17, 15) is 13.2 Å². The molecule has 0 aliphatic rings. The minimum atomic E-state index is -4.55. The summed E-state index contributed by atoms with van der Waals surface area (Å²) in [7, 11) is 0. The Morgan fingerprint density at radius 3 is 2.69 bits per heavy atom. The van der Waals surface area contributed by atoms with Crippen LogP contribution in [-0.4, -0.2) is 20.0 Å². The van der Waals surface area contributed by atoms with Crippen LogP contribution in [0.1, 0.15) is 11.4 Å². The smallest absolute Gasteiger partial charge is 0.325 e. The molecule has 0 bridgehead atoms. The van der Waals surface area contributed by atoms with E-state index >= 15 is 0 Å². The summed E-state index contributed by atoms with van der Waals surface area (Å²) in [6, 6.07) is 0. The van der Waals surface area contributed by atoms with Crippen molar-refractivity contribution >= 4 is 11.3 Å². The number of halogens is 3. The first-order valence-electron chi connectivity index (χ1n) is 4.15. The van der Waals surface area contributed by atoms with Crippen molar-refractivity contribution in [2.24, 2.45) is 5.73 Å². The van der Waals surface area contributed by atoms with Crippen LogP contribution < -0.4 is 5.73 Å². The monoisotopic (exact) mass is 249 g/mol. The Morgan fingerprint density at radius 2 is 2.19 bits per heavy atom. The number of nitrogens with zero attached hydrogens (tertiary/aromatic N) is 4. The van der Waals surface area contributed by atoms with Crippen molar-refractivity contribution in [1.82, 2.24) is 20.0 Å². The van der Waals surface area contributed by atoms with Gasteiger partial charge in [-0.25, -0.2) is 4.98 Å². The molecular weight excluding hydrogens is 243 g/mol. The minimum absolute atomic E-state index is 0.111. The highest BCUT2D eigenvalue weighted by Gasteiger charge is 2.39. The summed E-state index contributed by atoms with van der Waals surface area (Å²) in [6.07, 6.45) is -3.16. The number of alkyl halides is 3. The van der Waals surface area contributed by atoms with E-state index in [1.54, 1.807) is 5.38 Å². The molecule has 0 spiro atoms. The number of thiazole rings is 1. The predicted octanol–water partition coefficient (Wildman–Crippen LogP) is 1.20. The first kappa shape index (κ1) is 11.0. The zero-order chi connectivity index (χ0) is 11.8. The van der Waals surface area contributed by atoms with Gasteiger partial charge >= 0.3 is 6.18 Å². The lowest BCUT2D eigenvalue weighted by molar-refractivity contribution is -0.143. The van der Waals surface area contributed by atoms with E-state index in [1.807, 2.05) is 0 Å². The highest BCUT2D eigenvalue weighted by atomic mass is 32.1. The Bertz CT molecular complexity index is 475. The number of aromatic nitrogens is 4. The minimum Gasteiger partial charge on any atom is -0.325 e. The first-order chi connectivity index (χ1) is 7.54. The zero-order valence-corrected chi connectivity index (χ0v) is 8.59. The molecule has 5 nitrogen and oxygen atoms in total. The van der Waals surface area contributed by atoms with Gasteiger partial charge in [-0.3, -0.25) is 0 Å². The van der Waals surface area contributed by atoms with Gasteiger partial charge in [0.25, 0.3) is 0 Å². The molecule has 2 aromatic rings. The van der Waals surface area contributed by atoms with Crippen molar-refractivity contribution in [1.29, 1.82) is 0 Å². The second-order valence-corrected chi connectivity index (χ2v) is 3.69. The Labute approximate surface area is 91.7 Å². The lowest BCUT2D eigenvalue weighted by atomic mass is 10.3. The van der Waals surface area contributed by atoms with Crippen molar-refractivity contribution in [3.8, 4) is 5.13 Å². The van der Waals surface area contributed by atoms with Crippen LogP contribution in [0.15, 0.2) is 11.6 Å². The fraction of sp³-hybridized carbons (Fsp3) is 0.286. The highest BCUT2D eigenvalue weighted by molar-refractivity contribution is 7.12. The molecule has 0 aromatic carbocycles. The molecule has 9 heteroatoms. The van der Waals surface area contributed by atoms with Crippen LogP contribution in [-0.2, 0) is 12.7 Å². The molecule has 0 aliphatic heterocycles. The van der Waals surface area contributed by atoms with E-state index < -0.39 is 11.9 Å². The van der Waals surface area contributed by atoms with Crippen molar-refractivity contribution in [2.75, 3.05) is 0 Å². The van der Waals surface area contributed by atoms with Gasteiger partial charge < -0.3 is 5.73 Å². The van der Waals surface area contributed by atoms with Gasteiger partial charge in [0.2, 0.25) is 5.13 Å². The van der Waals surface area contributed by atoms with E-state index in [-0.39, 0.29) is 17.4 Å². The van der Waals surface area contributed by atoms with Gasteiger partial charge in [-0.15, -0.1) is 16.4 Å². The second-order valence-electron chi connectivity index (χ2n) is 2.81. The Hall–Kier alpha value is -1.48. The summed E-state index contributed by atoms with van der Waals surface area (Å²) >= 11 is 1.04. The Kier molecular flexibility index (Phi) is 2.64. The highest BCUT2D eigenvalue weighted by Crippen LogP contribution is 2.32. The van der Waals surface area contributed by atoms with Gasteiger partial charge in [-0.1, -0.05) is 5.21 Å². The number of hydrogen-bond donors (Lipinski definition) is 1. The maximum Gasteiger partial charge on any atom is 0.435 e. The molecule has 0 saturated heterocycles. The quantitative estimate of drug-likeness (QED) is 0.868. The standard InChI is InChI=1S/C7H6F3N5S/c8-7(9,10)5-4(3-11)13-14-15(5)6-12-1-2-16-6/h1-2H,3,11H2. The van der Waals surface area contributed by atoms with Crippen molar-refractivity contribution in [2.45, 2.75) is 12.7 Å². The average Bonchev–Trinajstić information content (AvgIpc) is 2.84. The van der Waals surface area contributed by atoms with E-state index in [0.29, 0.717) is 4.68 Å². The van der Waals surface area contributed by atoms with Crippen molar-refractivity contribution < 1.29 is 13.2 Å². The summed E-state index contributed by atoms with van der Waals surface area (Å²) in [5.74, 6) is 0. The molecule has 2 N–H and O–H groups in total. The normalized spacial score (nSPS) is 12.0. The third-order valence-electron chi connectivity index (χ3n) is 1.80. The van der Waals surface area contributed by atoms with Crippen LogP contribution in [0.2, 0.25) is 0 Å². The average molecular weight is 249 g/mol. The number of nitrogens with two attached hydrogens (primary N) is 1. The molecule has 0 unspecified atom stereocenters. The van der Waals surface area contributed by atoms with Gasteiger partial charge in [-0.2, -0.15) is 17.9 Å². The van der Waals surface area contributed by atoms with Crippen molar-refractivity contribution in [3.05, 3.63) is 23.0 Å². The van der Waals surface area contributed by atoms with Crippen molar-refractivity contribution in [3.63, 3.8) is 0 Å². The van der Waals surface area contributed by atoms with Crippen LogP contribution in [0.4, 0.5) is 13.2 Å².